The number of benzene rings is 1. The molecule has 0 aliphatic rings. The molecule has 1 N–H and O–H groups in total. The molecule has 0 fully saturated rings. The molecule has 2 aromatic heterocycles. The molecule has 3 rings (SSSR count). The fourth-order valence-electron chi connectivity index (χ4n) is 2.70. The van der Waals surface area contributed by atoms with Gasteiger partial charge in [0.25, 0.3) is 5.91 Å². The van der Waals surface area contributed by atoms with E-state index in [4.69, 9.17) is 9.47 Å². The van der Waals surface area contributed by atoms with E-state index >= 15 is 0 Å². The van der Waals surface area contributed by atoms with Crippen molar-refractivity contribution in [3.05, 3.63) is 46.6 Å². The molecule has 0 radical (unpaired) electrons. The summed E-state index contributed by atoms with van der Waals surface area (Å²) in [6.45, 7) is 2.96. The van der Waals surface area contributed by atoms with Gasteiger partial charge >= 0.3 is 5.97 Å². The first-order valence-electron chi connectivity index (χ1n) is 7.99. The summed E-state index contributed by atoms with van der Waals surface area (Å²) < 4.78 is 11.8. The molecular weight excluding hydrogens is 354 g/mol. The summed E-state index contributed by atoms with van der Waals surface area (Å²) in [5, 5.41) is 3.99. The van der Waals surface area contributed by atoms with E-state index in [1.54, 1.807) is 20.2 Å². The van der Waals surface area contributed by atoms with Crippen molar-refractivity contribution in [3.8, 4) is 0 Å². The highest BCUT2D eigenvalue weighted by molar-refractivity contribution is 7.16. The largest absolute Gasteiger partial charge is 0.464 e. The molecule has 0 atom stereocenters. The fourth-order valence-corrected chi connectivity index (χ4v) is 3.50. The minimum atomic E-state index is -0.518. The van der Waals surface area contributed by atoms with Crippen LogP contribution in [0, 0.1) is 6.92 Å². The van der Waals surface area contributed by atoms with Gasteiger partial charge in [-0.2, -0.15) is 0 Å². The molecule has 7 nitrogen and oxygen atoms in total. The number of aryl methyl sites for hydroxylation is 1. The highest BCUT2D eigenvalue weighted by Gasteiger charge is 2.19. The average molecular weight is 373 g/mol. The van der Waals surface area contributed by atoms with Crippen LogP contribution in [0.2, 0.25) is 0 Å². The van der Waals surface area contributed by atoms with E-state index in [0.717, 1.165) is 10.9 Å². The maximum atomic E-state index is 12.8. The number of carbonyl (C=O) groups is 2. The van der Waals surface area contributed by atoms with Crippen molar-refractivity contribution in [2.24, 2.45) is 0 Å². The highest BCUT2D eigenvalue weighted by atomic mass is 32.1. The van der Waals surface area contributed by atoms with Gasteiger partial charge in [-0.05, 0) is 13.0 Å². The normalized spacial score (nSPS) is 10.9. The van der Waals surface area contributed by atoms with Gasteiger partial charge in [-0.3, -0.25) is 10.1 Å². The maximum Gasteiger partial charge on any atom is 0.357 e. The number of para-hydroxylation sites is 1. The lowest BCUT2D eigenvalue weighted by molar-refractivity contribution is 0.0594. The Morgan fingerprint density at radius 3 is 2.77 bits per heavy atom. The third kappa shape index (κ3) is 3.47. The Kier molecular flexibility index (Phi) is 5.34. The minimum absolute atomic E-state index is 0.218. The smallest absolute Gasteiger partial charge is 0.357 e. The number of esters is 1. The van der Waals surface area contributed by atoms with Gasteiger partial charge in [0.1, 0.15) is 0 Å². The molecule has 2 heterocycles. The summed E-state index contributed by atoms with van der Waals surface area (Å²) in [7, 11) is 2.94. The van der Waals surface area contributed by atoms with Crippen LogP contribution in [0.4, 0.5) is 5.13 Å². The first-order chi connectivity index (χ1) is 12.5. The molecule has 0 saturated carbocycles. The minimum Gasteiger partial charge on any atom is -0.464 e. The standard InChI is InChI=1S/C18H19N3O4S/c1-11-15(17(23)25-3)19-18(26-11)20-16(22)13-10-21(8-9-24-2)14-7-5-4-6-12(13)14/h4-7,10H,8-9H2,1-3H3,(H,19,20,22). The molecular formula is C18H19N3O4S. The topological polar surface area (TPSA) is 82.5 Å². The molecule has 1 amide bonds. The van der Waals surface area contributed by atoms with Crippen LogP contribution in [0.5, 0.6) is 0 Å². The van der Waals surface area contributed by atoms with Crippen LogP contribution in [0.3, 0.4) is 0 Å². The van der Waals surface area contributed by atoms with Gasteiger partial charge in [0.15, 0.2) is 10.8 Å². The van der Waals surface area contributed by atoms with Gasteiger partial charge in [-0.1, -0.05) is 18.2 Å². The summed E-state index contributed by atoms with van der Waals surface area (Å²) in [5.41, 5.74) is 1.72. The van der Waals surface area contributed by atoms with E-state index in [1.807, 2.05) is 28.8 Å². The molecule has 0 bridgehead atoms. The van der Waals surface area contributed by atoms with Crippen molar-refractivity contribution in [2.75, 3.05) is 26.1 Å². The number of ether oxygens (including phenoxy) is 2. The van der Waals surface area contributed by atoms with Gasteiger partial charge in [0.2, 0.25) is 0 Å². The quantitative estimate of drug-likeness (QED) is 0.672. The van der Waals surface area contributed by atoms with Crippen LogP contribution in [-0.4, -0.2) is 42.3 Å². The maximum absolute atomic E-state index is 12.8. The van der Waals surface area contributed by atoms with Crippen molar-refractivity contribution in [3.63, 3.8) is 0 Å². The number of hydrogen-bond acceptors (Lipinski definition) is 6. The van der Waals surface area contributed by atoms with E-state index in [0.29, 0.717) is 28.7 Å². The zero-order chi connectivity index (χ0) is 18.7. The molecule has 26 heavy (non-hydrogen) atoms. The Labute approximate surface area is 154 Å². The second-order valence-electron chi connectivity index (χ2n) is 5.62. The molecule has 1 aromatic carbocycles. The molecule has 0 aliphatic carbocycles. The molecule has 3 aromatic rings. The summed E-state index contributed by atoms with van der Waals surface area (Å²) in [6, 6.07) is 7.69. The number of methoxy groups -OCH3 is 2. The summed E-state index contributed by atoms with van der Waals surface area (Å²) in [6.07, 6.45) is 1.81. The predicted octanol–water partition coefficient (Wildman–Crippen LogP) is 3.09. The molecule has 8 heteroatoms. The van der Waals surface area contributed by atoms with E-state index in [2.05, 4.69) is 10.3 Å². The van der Waals surface area contributed by atoms with Crippen LogP contribution in [0.15, 0.2) is 30.5 Å². The third-order valence-electron chi connectivity index (χ3n) is 3.97. The Bertz CT molecular complexity index is 961. The number of anilines is 1. The lowest BCUT2D eigenvalue weighted by Crippen LogP contribution is -2.12. The summed E-state index contributed by atoms with van der Waals surface area (Å²) in [5.74, 6) is -0.794. The number of nitrogens with one attached hydrogen (secondary N) is 1. The number of amides is 1. The van der Waals surface area contributed by atoms with Crippen molar-refractivity contribution in [1.82, 2.24) is 9.55 Å². The van der Waals surface area contributed by atoms with Gasteiger partial charge in [-0.15, -0.1) is 11.3 Å². The fraction of sp³-hybridized carbons (Fsp3) is 0.278. The zero-order valence-corrected chi connectivity index (χ0v) is 15.6. The molecule has 0 saturated heterocycles. The van der Waals surface area contributed by atoms with E-state index in [-0.39, 0.29) is 11.6 Å². The molecule has 0 aliphatic heterocycles. The zero-order valence-electron chi connectivity index (χ0n) is 14.7. The van der Waals surface area contributed by atoms with E-state index in [1.165, 1.54) is 18.4 Å². The number of nitrogens with zero attached hydrogens (tertiary/aromatic N) is 2. The average Bonchev–Trinajstić information content (AvgIpc) is 3.20. The van der Waals surface area contributed by atoms with Gasteiger partial charge in [0.05, 0.1) is 19.3 Å². The van der Waals surface area contributed by atoms with Crippen molar-refractivity contribution in [1.29, 1.82) is 0 Å². The Hall–Kier alpha value is -2.71. The lowest BCUT2D eigenvalue weighted by atomic mass is 10.1. The third-order valence-corrected chi connectivity index (χ3v) is 4.85. The Balaban J connectivity index is 1.90. The summed E-state index contributed by atoms with van der Waals surface area (Å²) in [4.78, 5) is 29.3. The van der Waals surface area contributed by atoms with Crippen LogP contribution < -0.4 is 5.32 Å². The lowest BCUT2D eigenvalue weighted by Gasteiger charge is -2.03. The first-order valence-corrected chi connectivity index (χ1v) is 8.80. The molecule has 136 valence electrons. The van der Waals surface area contributed by atoms with E-state index in [9.17, 15) is 9.59 Å². The van der Waals surface area contributed by atoms with Crippen LogP contribution >= 0.6 is 11.3 Å². The highest BCUT2D eigenvalue weighted by Crippen LogP contribution is 2.26. The number of carbonyl (C=O) groups excluding carboxylic acids is 2. The number of fused-ring (bicyclic) bond motifs is 1. The second kappa shape index (κ2) is 7.67. The number of thiazole rings is 1. The van der Waals surface area contributed by atoms with Crippen molar-refractivity contribution >= 4 is 39.2 Å². The van der Waals surface area contributed by atoms with Gasteiger partial charge < -0.3 is 14.0 Å². The number of hydrogen-bond donors (Lipinski definition) is 1. The Morgan fingerprint density at radius 1 is 1.27 bits per heavy atom. The molecule has 0 spiro atoms. The monoisotopic (exact) mass is 373 g/mol. The summed E-state index contributed by atoms with van der Waals surface area (Å²) >= 11 is 1.24. The van der Waals surface area contributed by atoms with Gasteiger partial charge in [0, 0.05) is 35.6 Å². The van der Waals surface area contributed by atoms with Crippen molar-refractivity contribution < 1.29 is 19.1 Å². The first kappa shape index (κ1) is 18.1. The van der Waals surface area contributed by atoms with E-state index < -0.39 is 5.97 Å². The van der Waals surface area contributed by atoms with Crippen LogP contribution in [0.1, 0.15) is 25.7 Å². The predicted molar refractivity (Wildman–Crippen MR) is 100.0 cm³/mol. The second-order valence-corrected chi connectivity index (χ2v) is 6.82. The van der Waals surface area contributed by atoms with Crippen LogP contribution in [0.25, 0.3) is 10.9 Å². The van der Waals surface area contributed by atoms with Gasteiger partial charge in [-0.25, -0.2) is 9.78 Å². The SMILES string of the molecule is COCCn1cc(C(=O)Nc2nc(C(=O)OC)c(C)s2)c2ccccc21. The number of rotatable bonds is 6. The molecule has 0 unspecified atom stereocenters. The van der Waals surface area contributed by atoms with Crippen LogP contribution in [-0.2, 0) is 16.0 Å². The number of aromatic nitrogens is 2. The van der Waals surface area contributed by atoms with Crippen molar-refractivity contribution in [2.45, 2.75) is 13.5 Å². The Morgan fingerprint density at radius 2 is 2.04 bits per heavy atom.